The zero-order valence-electron chi connectivity index (χ0n) is 18.0. The third-order valence-electron chi connectivity index (χ3n) is 6.72. The summed E-state index contributed by atoms with van der Waals surface area (Å²) in [6.07, 6.45) is 0. The molecule has 0 amide bonds. The highest BCUT2D eigenvalue weighted by Gasteiger charge is 2.19. The van der Waals surface area contributed by atoms with Gasteiger partial charge in [0.2, 0.25) is 0 Å². The molecule has 0 bridgehead atoms. The zero-order valence-corrected chi connectivity index (χ0v) is 19.0. The van der Waals surface area contributed by atoms with Crippen LogP contribution < -0.4 is 0 Å². The van der Waals surface area contributed by atoms with Crippen molar-refractivity contribution in [3.63, 3.8) is 0 Å². The summed E-state index contributed by atoms with van der Waals surface area (Å²) in [7, 11) is 0. The average Bonchev–Trinajstić information content (AvgIpc) is 3.19. The lowest BCUT2D eigenvalue weighted by atomic mass is 9.95. The molecule has 7 aromatic carbocycles. The molecule has 0 N–H and O–H groups in total. The molecule has 0 spiro atoms. The molecule has 0 saturated heterocycles. The van der Waals surface area contributed by atoms with E-state index in [1.807, 2.05) is 6.07 Å². The van der Waals surface area contributed by atoms with Gasteiger partial charge in [0.05, 0.1) is 0 Å². The van der Waals surface area contributed by atoms with Gasteiger partial charge in [0, 0.05) is 0 Å². The second-order valence-electron chi connectivity index (χ2n) is 8.45. The van der Waals surface area contributed by atoms with Gasteiger partial charge >= 0.3 is 0 Å². The molecule has 33 heavy (non-hydrogen) atoms. The van der Waals surface area contributed by atoms with Crippen molar-refractivity contribution in [1.29, 1.82) is 0 Å². The molecule has 0 unspecified atom stereocenters. The molecule has 8 rings (SSSR count). The minimum atomic E-state index is 0. The Labute approximate surface area is 199 Å². The molecule has 155 valence electrons. The van der Waals surface area contributed by atoms with E-state index in [0.717, 1.165) is 0 Å². The van der Waals surface area contributed by atoms with Crippen molar-refractivity contribution in [2.75, 3.05) is 0 Å². The minimum Gasteiger partial charge on any atom is -0.197 e. The summed E-state index contributed by atoms with van der Waals surface area (Å²) in [5.41, 5.74) is 5.50. The van der Waals surface area contributed by atoms with Crippen LogP contribution in [0.2, 0.25) is 0 Å². The van der Waals surface area contributed by atoms with Gasteiger partial charge in [-0.25, -0.2) is 0 Å². The summed E-state index contributed by atoms with van der Waals surface area (Å²) in [6, 6.07) is 44.4. The molecule has 0 nitrogen and oxygen atoms in total. The summed E-state index contributed by atoms with van der Waals surface area (Å²) in [6.45, 7) is 0. The Morgan fingerprint density at radius 1 is 0.364 bits per heavy atom. The maximum Gasteiger partial charge on any atom is -0.00206 e. The predicted molar refractivity (Wildman–Crippen MR) is 148 cm³/mol. The van der Waals surface area contributed by atoms with Crippen LogP contribution in [-0.4, -0.2) is 0 Å². The van der Waals surface area contributed by atoms with Crippen LogP contribution in [0.4, 0.5) is 0 Å². The van der Waals surface area contributed by atoms with Gasteiger partial charge in [-0.2, -0.15) is 13.5 Å². The maximum absolute atomic E-state index is 3.31. The lowest BCUT2D eigenvalue weighted by Crippen LogP contribution is -1.82. The molecule has 1 heteroatoms. The summed E-state index contributed by atoms with van der Waals surface area (Å²) in [5, 5.41) is 10.6. The van der Waals surface area contributed by atoms with Crippen molar-refractivity contribution in [2.45, 2.75) is 0 Å². The molecular weight excluding hydrogens is 416 g/mol. The van der Waals surface area contributed by atoms with Gasteiger partial charge in [-0.15, -0.1) is 0 Å². The molecule has 0 fully saturated rings. The first kappa shape index (κ1) is 19.8. The fraction of sp³-hybridized carbons (Fsp3) is 0. The van der Waals surface area contributed by atoms with E-state index in [-0.39, 0.29) is 13.5 Å². The average molecular weight is 438 g/mol. The monoisotopic (exact) mass is 437 g/mol. The van der Waals surface area contributed by atoms with Gasteiger partial charge in [0.15, 0.2) is 0 Å². The first-order chi connectivity index (χ1) is 15.9. The van der Waals surface area contributed by atoms with Crippen molar-refractivity contribution >= 4 is 56.6 Å². The highest BCUT2D eigenvalue weighted by Crippen LogP contribution is 2.46. The Morgan fingerprint density at radius 2 is 0.848 bits per heavy atom. The van der Waals surface area contributed by atoms with Crippen LogP contribution in [0, 0.1) is 6.07 Å². The summed E-state index contributed by atoms with van der Waals surface area (Å²) in [4.78, 5) is 0. The highest BCUT2D eigenvalue weighted by atomic mass is 32.1. The quantitative estimate of drug-likeness (QED) is 0.208. The summed E-state index contributed by atoms with van der Waals surface area (Å²) in [5.74, 6) is 0. The minimum absolute atomic E-state index is 0. The molecule has 1 aliphatic rings. The molecular formula is C32H21S. The van der Waals surface area contributed by atoms with Crippen LogP contribution >= 0.6 is 13.5 Å². The normalized spacial score (nSPS) is 11.4. The van der Waals surface area contributed by atoms with Gasteiger partial charge < -0.3 is 0 Å². The van der Waals surface area contributed by atoms with E-state index in [0.29, 0.717) is 0 Å². The lowest BCUT2D eigenvalue weighted by molar-refractivity contribution is 1.70. The van der Waals surface area contributed by atoms with Gasteiger partial charge in [-0.1, -0.05) is 115 Å². The molecule has 0 aromatic heterocycles. The van der Waals surface area contributed by atoms with E-state index in [1.165, 1.54) is 65.3 Å². The summed E-state index contributed by atoms with van der Waals surface area (Å²) < 4.78 is 0. The highest BCUT2D eigenvalue weighted by molar-refractivity contribution is 7.59. The molecule has 0 heterocycles. The zero-order chi connectivity index (χ0) is 21.1. The fourth-order valence-corrected chi connectivity index (χ4v) is 5.33. The Morgan fingerprint density at radius 3 is 1.48 bits per heavy atom. The van der Waals surface area contributed by atoms with E-state index >= 15 is 0 Å². The SMILES string of the molecule is S.[c]1ccc2ccc3cccc4ccc1c2c43.c1ccc2c(c1)-c1cccc3cccc-2c13. The van der Waals surface area contributed by atoms with E-state index in [2.05, 4.69) is 115 Å². The Balaban J connectivity index is 0.000000121. The van der Waals surface area contributed by atoms with Crippen LogP contribution in [0.1, 0.15) is 0 Å². The van der Waals surface area contributed by atoms with Crippen LogP contribution in [0.25, 0.3) is 65.3 Å². The van der Waals surface area contributed by atoms with Crippen molar-refractivity contribution in [3.05, 3.63) is 121 Å². The first-order valence-electron chi connectivity index (χ1n) is 11.0. The predicted octanol–water partition coefficient (Wildman–Crippen LogP) is 8.98. The van der Waals surface area contributed by atoms with E-state index in [1.54, 1.807) is 0 Å². The van der Waals surface area contributed by atoms with E-state index in [4.69, 9.17) is 0 Å². The third kappa shape index (κ3) is 2.93. The third-order valence-corrected chi connectivity index (χ3v) is 6.72. The number of rotatable bonds is 0. The van der Waals surface area contributed by atoms with Crippen molar-refractivity contribution < 1.29 is 0 Å². The lowest BCUT2D eigenvalue weighted by Gasteiger charge is -2.09. The largest absolute Gasteiger partial charge is 0.197 e. The molecule has 0 atom stereocenters. The Kier molecular flexibility index (Phi) is 4.60. The second-order valence-corrected chi connectivity index (χ2v) is 8.45. The van der Waals surface area contributed by atoms with Gasteiger partial charge in [-0.3, -0.25) is 0 Å². The van der Waals surface area contributed by atoms with Crippen LogP contribution in [0.15, 0.2) is 115 Å². The van der Waals surface area contributed by atoms with Gasteiger partial charge in [-0.05, 0) is 71.4 Å². The van der Waals surface area contributed by atoms with Gasteiger partial charge in [0.25, 0.3) is 0 Å². The molecule has 1 radical (unpaired) electrons. The maximum atomic E-state index is 3.31. The van der Waals surface area contributed by atoms with Crippen molar-refractivity contribution in [2.24, 2.45) is 0 Å². The van der Waals surface area contributed by atoms with Crippen LogP contribution in [-0.2, 0) is 0 Å². The Hall–Kier alpha value is -3.81. The summed E-state index contributed by atoms with van der Waals surface area (Å²) >= 11 is 0. The van der Waals surface area contributed by atoms with Crippen molar-refractivity contribution in [3.8, 4) is 22.3 Å². The molecule has 7 aromatic rings. The second kappa shape index (κ2) is 7.65. The number of benzene rings is 7. The topological polar surface area (TPSA) is 0 Å². The number of hydrogen-bond acceptors (Lipinski definition) is 0. The standard InChI is InChI=1S/C16H9.C16H10.H2S/c1-3-11-7-9-13-5-2-6-14-10-8-12(4-1)15(11)16(13)14;1-2-8-13-12(7-1)14-9-3-5-11-6-4-10-15(13)16(11)14;/h1-5,7-10H;1-10H;1H2. The van der Waals surface area contributed by atoms with Crippen LogP contribution in [0.3, 0.4) is 0 Å². The van der Waals surface area contributed by atoms with Crippen LogP contribution in [0.5, 0.6) is 0 Å². The Bertz CT molecular complexity index is 1590. The fourth-order valence-electron chi connectivity index (χ4n) is 5.33. The van der Waals surface area contributed by atoms with E-state index in [9.17, 15) is 0 Å². The van der Waals surface area contributed by atoms with Crippen molar-refractivity contribution in [1.82, 2.24) is 0 Å². The number of hydrogen-bond donors (Lipinski definition) is 0. The molecule has 1 aliphatic carbocycles. The smallest absolute Gasteiger partial charge is 0.00206 e. The number of fused-ring (bicyclic) bond motifs is 3. The van der Waals surface area contributed by atoms with E-state index < -0.39 is 0 Å². The van der Waals surface area contributed by atoms with Gasteiger partial charge in [0.1, 0.15) is 0 Å². The molecule has 0 saturated carbocycles. The molecule has 0 aliphatic heterocycles. The first-order valence-corrected chi connectivity index (χ1v) is 11.0.